The van der Waals surface area contributed by atoms with E-state index in [0.29, 0.717) is 6.41 Å². The smallest absolute Gasteiger partial charge is 0.228 e. The molecule has 0 fully saturated rings. The summed E-state index contributed by atoms with van der Waals surface area (Å²) in [7, 11) is 0. The fourth-order valence-corrected chi connectivity index (χ4v) is 1.97. The minimum Gasteiger partial charge on any atom is -0.339 e. The molecule has 3 N–H and O–H groups in total. The molecular weight excluding hydrogens is 396 g/mol. The molecule has 0 saturated carbocycles. The molecule has 0 aromatic heterocycles. The average molecular weight is 406 g/mol. The van der Waals surface area contributed by atoms with E-state index in [9.17, 15) is 4.79 Å². The Balaban J connectivity index is 2.62. The van der Waals surface area contributed by atoms with Gasteiger partial charge in [0.05, 0.1) is 0 Å². The normalized spacial score (nSPS) is 12.4. The number of thiocarbonyl (C=S) groups is 1. The monoisotopic (exact) mass is 403 g/mol. The highest BCUT2D eigenvalue weighted by atomic mass is 79.9. The number of carbonyl (C=O) groups excluding carboxylic acids is 1. The molecule has 1 aromatic rings. The highest BCUT2D eigenvalue weighted by Crippen LogP contribution is 2.28. The van der Waals surface area contributed by atoms with Gasteiger partial charge in [0, 0.05) is 10.2 Å². The SMILES string of the molecule is O=CN[C@@H](NC(=S)Nc1ccc(Br)cc1)C(Cl)(Cl)Cl. The van der Waals surface area contributed by atoms with E-state index in [1.807, 2.05) is 24.3 Å². The van der Waals surface area contributed by atoms with Gasteiger partial charge in [0.15, 0.2) is 5.11 Å². The van der Waals surface area contributed by atoms with Crippen molar-refractivity contribution in [2.75, 3.05) is 5.32 Å². The summed E-state index contributed by atoms with van der Waals surface area (Å²) in [6, 6.07) is 7.33. The van der Waals surface area contributed by atoms with Gasteiger partial charge < -0.3 is 16.0 Å². The Morgan fingerprint density at radius 3 is 2.37 bits per heavy atom. The van der Waals surface area contributed by atoms with E-state index >= 15 is 0 Å². The highest BCUT2D eigenvalue weighted by molar-refractivity contribution is 9.10. The van der Waals surface area contributed by atoms with Crippen LogP contribution in [0.25, 0.3) is 0 Å². The minimum absolute atomic E-state index is 0.216. The summed E-state index contributed by atoms with van der Waals surface area (Å²) in [5.41, 5.74) is 0.759. The summed E-state index contributed by atoms with van der Waals surface area (Å²) in [6.45, 7) is 0. The average Bonchev–Trinajstić information content (AvgIpc) is 2.30. The molecule has 0 spiro atoms. The van der Waals surface area contributed by atoms with E-state index in [0.717, 1.165) is 10.2 Å². The Kier molecular flexibility index (Phi) is 6.62. The molecule has 0 bridgehead atoms. The number of hydrogen-bond donors (Lipinski definition) is 3. The van der Waals surface area contributed by atoms with Gasteiger partial charge in [-0.15, -0.1) is 0 Å². The van der Waals surface area contributed by atoms with Crippen molar-refractivity contribution in [2.45, 2.75) is 9.96 Å². The summed E-state index contributed by atoms with van der Waals surface area (Å²) in [4.78, 5) is 10.4. The van der Waals surface area contributed by atoms with Gasteiger partial charge in [-0.2, -0.15) is 0 Å². The van der Waals surface area contributed by atoms with Gasteiger partial charge in [-0.25, -0.2) is 0 Å². The number of alkyl halides is 3. The number of carbonyl (C=O) groups is 1. The van der Waals surface area contributed by atoms with Crippen molar-refractivity contribution in [2.24, 2.45) is 0 Å². The number of benzene rings is 1. The molecular formula is C10H9BrCl3N3OS. The van der Waals surface area contributed by atoms with Crippen molar-refractivity contribution < 1.29 is 4.79 Å². The molecule has 0 aliphatic heterocycles. The first-order valence-corrected chi connectivity index (χ1v) is 7.26. The Labute approximate surface area is 139 Å². The largest absolute Gasteiger partial charge is 0.339 e. The summed E-state index contributed by atoms with van der Waals surface area (Å²) in [6.07, 6.45) is -0.521. The third-order valence-corrected chi connectivity index (χ3v) is 3.34. The minimum atomic E-state index is -1.73. The predicted octanol–water partition coefficient (Wildman–Crippen LogP) is 3.18. The van der Waals surface area contributed by atoms with Gasteiger partial charge in [-0.1, -0.05) is 50.7 Å². The molecule has 0 radical (unpaired) electrons. The maximum atomic E-state index is 10.4. The second kappa shape index (κ2) is 7.50. The lowest BCUT2D eigenvalue weighted by Crippen LogP contribution is -2.53. The number of nitrogens with one attached hydrogen (secondary N) is 3. The Bertz CT molecular complexity index is 452. The van der Waals surface area contributed by atoms with Gasteiger partial charge in [0.1, 0.15) is 6.17 Å². The number of halogens is 4. The first-order chi connectivity index (χ1) is 8.82. The Hall–Kier alpha value is -0.270. The number of amides is 1. The predicted molar refractivity (Wildman–Crippen MR) is 86.8 cm³/mol. The van der Waals surface area contributed by atoms with Crippen LogP contribution < -0.4 is 16.0 Å². The lowest BCUT2D eigenvalue weighted by molar-refractivity contribution is -0.110. The molecule has 0 aliphatic rings. The maximum absolute atomic E-state index is 10.4. The van der Waals surface area contributed by atoms with E-state index in [4.69, 9.17) is 47.0 Å². The van der Waals surface area contributed by atoms with Gasteiger partial charge in [-0.3, -0.25) is 4.79 Å². The topological polar surface area (TPSA) is 53.2 Å². The van der Waals surface area contributed by atoms with Crippen LogP contribution in [0, 0.1) is 0 Å². The summed E-state index contributed by atoms with van der Waals surface area (Å²) >= 11 is 25.5. The molecule has 19 heavy (non-hydrogen) atoms. The van der Waals surface area contributed by atoms with Crippen molar-refractivity contribution >= 4 is 80.2 Å². The van der Waals surface area contributed by atoms with Gasteiger partial charge in [-0.05, 0) is 36.5 Å². The van der Waals surface area contributed by atoms with Gasteiger partial charge >= 0.3 is 0 Å². The molecule has 0 unspecified atom stereocenters. The summed E-state index contributed by atoms with van der Waals surface area (Å²) in [5, 5.41) is 8.13. The fraction of sp³-hybridized carbons (Fsp3) is 0.200. The van der Waals surface area contributed by atoms with Crippen LogP contribution in [-0.4, -0.2) is 21.5 Å². The molecule has 1 atom stereocenters. The Morgan fingerprint density at radius 2 is 1.89 bits per heavy atom. The van der Waals surface area contributed by atoms with E-state index in [2.05, 4.69) is 31.9 Å². The third-order valence-electron chi connectivity index (χ3n) is 1.94. The first kappa shape index (κ1) is 16.8. The van der Waals surface area contributed by atoms with E-state index < -0.39 is 9.96 Å². The van der Waals surface area contributed by atoms with Crippen LogP contribution in [0.1, 0.15) is 0 Å². The van der Waals surface area contributed by atoms with Crippen LogP contribution in [0.15, 0.2) is 28.7 Å². The van der Waals surface area contributed by atoms with Crippen LogP contribution in [0.4, 0.5) is 5.69 Å². The molecule has 0 aliphatic carbocycles. The van der Waals surface area contributed by atoms with E-state index in [1.54, 1.807) is 0 Å². The van der Waals surface area contributed by atoms with Gasteiger partial charge in [0.25, 0.3) is 0 Å². The lowest BCUT2D eigenvalue weighted by atomic mass is 10.3. The zero-order chi connectivity index (χ0) is 14.5. The molecule has 1 aromatic carbocycles. The van der Waals surface area contributed by atoms with Crippen molar-refractivity contribution in [1.82, 2.24) is 10.6 Å². The van der Waals surface area contributed by atoms with Crippen LogP contribution in [0.2, 0.25) is 0 Å². The maximum Gasteiger partial charge on any atom is 0.228 e. The second-order valence-electron chi connectivity index (χ2n) is 3.36. The van der Waals surface area contributed by atoms with Crippen molar-refractivity contribution in [3.8, 4) is 0 Å². The molecule has 0 saturated heterocycles. The second-order valence-corrected chi connectivity index (χ2v) is 7.06. The standard InChI is InChI=1S/C10H9BrCl3N3OS/c11-6-1-3-7(4-2-6)16-9(19)17-8(15-5-18)10(12,13)14/h1-5,8H,(H,15,18)(H2,16,17,19)/t8-/m0/s1. The van der Waals surface area contributed by atoms with Crippen LogP contribution in [-0.2, 0) is 4.79 Å². The van der Waals surface area contributed by atoms with E-state index in [1.165, 1.54) is 0 Å². The summed E-state index contributed by atoms with van der Waals surface area (Å²) in [5.74, 6) is 0. The first-order valence-electron chi connectivity index (χ1n) is 4.92. The highest BCUT2D eigenvalue weighted by Gasteiger charge is 2.32. The van der Waals surface area contributed by atoms with Crippen LogP contribution in [0.5, 0.6) is 0 Å². The Morgan fingerprint density at radius 1 is 1.32 bits per heavy atom. The van der Waals surface area contributed by atoms with E-state index in [-0.39, 0.29) is 5.11 Å². The zero-order valence-corrected chi connectivity index (χ0v) is 14.0. The van der Waals surface area contributed by atoms with Gasteiger partial charge in [0.2, 0.25) is 10.2 Å². The number of hydrogen-bond acceptors (Lipinski definition) is 2. The summed E-state index contributed by atoms with van der Waals surface area (Å²) < 4.78 is -0.787. The molecule has 0 heterocycles. The van der Waals surface area contributed by atoms with Crippen LogP contribution >= 0.6 is 63.0 Å². The molecule has 1 amide bonds. The quantitative estimate of drug-likeness (QED) is 0.312. The van der Waals surface area contributed by atoms with Crippen molar-refractivity contribution in [1.29, 1.82) is 0 Å². The number of anilines is 1. The fourth-order valence-electron chi connectivity index (χ4n) is 1.12. The third kappa shape index (κ3) is 6.14. The molecule has 104 valence electrons. The molecule has 1 rings (SSSR count). The lowest BCUT2D eigenvalue weighted by Gasteiger charge is -2.26. The van der Waals surface area contributed by atoms with Crippen molar-refractivity contribution in [3.05, 3.63) is 28.7 Å². The van der Waals surface area contributed by atoms with Crippen molar-refractivity contribution in [3.63, 3.8) is 0 Å². The zero-order valence-electron chi connectivity index (χ0n) is 9.29. The molecule has 9 heteroatoms. The van der Waals surface area contributed by atoms with Crippen LogP contribution in [0.3, 0.4) is 0 Å². The molecule has 4 nitrogen and oxygen atoms in total. The number of rotatable bonds is 4.